The molecule has 3 aromatic rings. The van der Waals surface area contributed by atoms with Gasteiger partial charge in [0.15, 0.2) is 0 Å². The van der Waals surface area contributed by atoms with Crippen LogP contribution in [0.1, 0.15) is 15.9 Å². The fourth-order valence-electron chi connectivity index (χ4n) is 4.62. The highest BCUT2D eigenvalue weighted by Gasteiger charge is 2.24. The van der Waals surface area contributed by atoms with Crippen LogP contribution in [0.3, 0.4) is 0 Å². The molecule has 4 heterocycles. The zero-order valence-corrected chi connectivity index (χ0v) is 20.9. The predicted octanol–water partition coefficient (Wildman–Crippen LogP) is 1.94. The SMILES string of the molecule is CN/C(CN1CCOCC1)=C(\C=N)c1ccc2cnc(NC(=O)c3ccnc(N4CC(N)C4)c3)cc2c1. The minimum absolute atomic E-state index is 0.151. The van der Waals surface area contributed by atoms with Crippen molar-refractivity contribution in [1.82, 2.24) is 20.2 Å². The van der Waals surface area contributed by atoms with E-state index in [0.717, 1.165) is 79.4 Å². The summed E-state index contributed by atoms with van der Waals surface area (Å²) in [4.78, 5) is 26.1. The molecule has 10 heteroatoms. The number of fused-ring (bicyclic) bond motifs is 1. The highest BCUT2D eigenvalue weighted by Crippen LogP contribution is 2.25. The van der Waals surface area contributed by atoms with Crippen LogP contribution in [-0.2, 0) is 4.74 Å². The Hall–Kier alpha value is -3.86. The van der Waals surface area contributed by atoms with Crippen LogP contribution in [0, 0.1) is 5.41 Å². The topological polar surface area (TPSA) is 132 Å². The van der Waals surface area contributed by atoms with Crippen molar-refractivity contribution < 1.29 is 9.53 Å². The van der Waals surface area contributed by atoms with Gasteiger partial charge in [0.05, 0.1) is 13.2 Å². The van der Waals surface area contributed by atoms with E-state index in [1.165, 1.54) is 6.21 Å². The maximum atomic E-state index is 13.0. The van der Waals surface area contributed by atoms with Gasteiger partial charge in [0.1, 0.15) is 11.6 Å². The van der Waals surface area contributed by atoms with Crippen LogP contribution < -0.4 is 21.3 Å². The molecule has 0 radical (unpaired) electrons. The quantitative estimate of drug-likeness (QED) is 0.345. The molecule has 5 rings (SSSR count). The van der Waals surface area contributed by atoms with E-state index in [9.17, 15) is 4.79 Å². The summed E-state index contributed by atoms with van der Waals surface area (Å²) in [6, 6.07) is 11.5. The first-order valence-corrected chi connectivity index (χ1v) is 12.4. The summed E-state index contributed by atoms with van der Waals surface area (Å²) in [7, 11) is 1.89. The molecule has 1 amide bonds. The molecule has 2 aromatic heterocycles. The fourth-order valence-corrected chi connectivity index (χ4v) is 4.62. The van der Waals surface area contributed by atoms with Gasteiger partial charge in [-0.1, -0.05) is 12.1 Å². The lowest BCUT2D eigenvalue weighted by atomic mass is 10.0. The van der Waals surface area contributed by atoms with E-state index in [1.54, 1.807) is 24.5 Å². The van der Waals surface area contributed by atoms with Crippen LogP contribution in [0.4, 0.5) is 11.6 Å². The van der Waals surface area contributed by atoms with Crippen molar-refractivity contribution in [3.63, 3.8) is 0 Å². The summed E-state index contributed by atoms with van der Waals surface area (Å²) in [6.07, 6.45) is 4.77. The molecule has 0 saturated carbocycles. The largest absolute Gasteiger partial charge is 0.390 e. The highest BCUT2D eigenvalue weighted by atomic mass is 16.5. The molecule has 192 valence electrons. The summed E-state index contributed by atoms with van der Waals surface area (Å²) in [5.41, 5.74) is 9.12. The molecule has 0 spiro atoms. The lowest BCUT2D eigenvalue weighted by molar-refractivity contribution is 0.0418. The van der Waals surface area contributed by atoms with Gasteiger partial charge in [-0.05, 0) is 35.2 Å². The van der Waals surface area contributed by atoms with Crippen molar-refractivity contribution in [3.05, 3.63) is 65.6 Å². The first-order chi connectivity index (χ1) is 18.0. The summed E-state index contributed by atoms with van der Waals surface area (Å²) in [5, 5.41) is 16.2. The van der Waals surface area contributed by atoms with Crippen LogP contribution in [0.25, 0.3) is 16.3 Å². The Morgan fingerprint density at radius 1 is 1.14 bits per heavy atom. The average molecular weight is 501 g/mol. The van der Waals surface area contributed by atoms with E-state index in [-0.39, 0.29) is 11.9 Å². The number of hydrogen-bond donors (Lipinski definition) is 4. The molecule has 0 bridgehead atoms. The number of amides is 1. The van der Waals surface area contributed by atoms with Gasteiger partial charge in [0.25, 0.3) is 5.91 Å². The summed E-state index contributed by atoms with van der Waals surface area (Å²) >= 11 is 0. The van der Waals surface area contributed by atoms with E-state index >= 15 is 0 Å². The van der Waals surface area contributed by atoms with Crippen molar-refractivity contribution in [2.24, 2.45) is 5.73 Å². The van der Waals surface area contributed by atoms with Gasteiger partial charge in [-0.3, -0.25) is 9.69 Å². The molecule has 0 unspecified atom stereocenters. The number of carbonyl (C=O) groups excluding carboxylic acids is 1. The van der Waals surface area contributed by atoms with Gasteiger partial charge >= 0.3 is 0 Å². The number of carbonyl (C=O) groups is 1. The van der Waals surface area contributed by atoms with Gasteiger partial charge < -0.3 is 31.4 Å². The number of ether oxygens (including phenoxy) is 1. The average Bonchev–Trinajstić information content (AvgIpc) is 2.91. The van der Waals surface area contributed by atoms with Crippen LogP contribution in [0.2, 0.25) is 0 Å². The molecule has 5 N–H and O–H groups in total. The first kappa shape index (κ1) is 24.8. The molecular formula is C27H32N8O2. The molecule has 2 aliphatic heterocycles. The van der Waals surface area contributed by atoms with Crippen molar-refractivity contribution in [3.8, 4) is 0 Å². The molecule has 2 saturated heterocycles. The third kappa shape index (κ3) is 5.61. The zero-order valence-electron chi connectivity index (χ0n) is 20.9. The standard InChI is InChI=1S/C27H32N8O2/c1-30-24(17-34-6-8-37-9-7-34)23(13-28)18-2-3-20-14-32-25(11-21(20)10-18)33-27(36)19-4-5-31-26(12-19)35-15-22(29)16-35/h2-5,10-14,22,28,30H,6-9,15-17,29H2,1H3,(H,32,33,36)/b24-23+,28-13?. The lowest BCUT2D eigenvalue weighted by Gasteiger charge is -2.37. The predicted molar refractivity (Wildman–Crippen MR) is 146 cm³/mol. The number of nitrogens with zero attached hydrogens (tertiary/aromatic N) is 4. The number of benzene rings is 1. The number of aromatic nitrogens is 2. The molecule has 37 heavy (non-hydrogen) atoms. The zero-order chi connectivity index (χ0) is 25.8. The molecule has 10 nitrogen and oxygen atoms in total. The highest BCUT2D eigenvalue weighted by molar-refractivity contribution is 6.11. The molecular weight excluding hydrogens is 468 g/mol. The van der Waals surface area contributed by atoms with Gasteiger partial charge in [-0.25, -0.2) is 9.97 Å². The van der Waals surface area contributed by atoms with E-state index in [0.29, 0.717) is 11.4 Å². The first-order valence-electron chi connectivity index (χ1n) is 12.4. The van der Waals surface area contributed by atoms with E-state index < -0.39 is 0 Å². The lowest BCUT2D eigenvalue weighted by Crippen LogP contribution is -2.56. The van der Waals surface area contributed by atoms with E-state index in [2.05, 4.69) is 25.5 Å². The normalized spacial score (nSPS) is 17.2. The third-order valence-corrected chi connectivity index (χ3v) is 6.77. The van der Waals surface area contributed by atoms with Gasteiger partial charge in [-0.15, -0.1) is 0 Å². The number of allylic oxidation sites excluding steroid dienone is 1. The monoisotopic (exact) mass is 500 g/mol. The summed E-state index contributed by atoms with van der Waals surface area (Å²) < 4.78 is 5.46. The number of morpholine rings is 1. The minimum atomic E-state index is -0.250. The second kappa shape index (κ2) is 11.0. The van der Waals surface area contributed by atoms with Crippen LogP contribution in [0.5, 0.6) is 0 Å². The van der Waals surface area contributed by atoms with Gasteiger partial charge in [-0.2, -0.15) is 0 Å². The number of anilines is 2. The molecule has 1 aromatic carbocycles. The Labute approximate surface area is 216 Å². The maximum absolute atomic E-state index is 13.0. The Balaban J connectivity index is 1.36. The number of rotatable bonds is 8. The third-order valence-electron chi connectivity index (χ3n) is 6.77. The van der Waals surface area contributed by atoms with Gasteiger partial charge in [0, 0.05) is 86.6 Å². The summed E-state index contributed by atoms with van der Waals surface area (Å²) in [5.74, 6) is 0.954. The fraction of sp³-hybridized carbons (Fsp3) is 0.333. The van der Waals surface area contributed by atoms with Crippen LogP contribution in [0.15, 0.2) is 54.5 Å². The second-order valence-electron chi connectivity index (χ2n) is 9.33. The molecule has 2 aliphatic rings. The smallest absolute Gasteiger partial charge is 0.257 e. The molecule has 0 aliphatic carbocycles. The second-order valence-corrected chi connectivity index (χ2v) is 9.33. The Morgan fingerprint density at radius 3 is 2.68 bits per heavy atom. The number of likely N-dealkylation sites (N-methyl/N-ethyl adjacent to an activating group) is 1. The summed E-state index contributed by atoms with van der Waals surface area (Å²) in [6.45, 7) is 5.38. The Morgan fingerprint density at radius 2 is 1.95 bits per heavy atom. The van der Waals surface area contributed by atoms with Gasteiger partial charge in [0.2, 0.25) is 0 Å². The molecule has 0 atom stereocenters. The number of pyridine rings is 2. The van der Waals surface area contributed by atoms with Crippen molar-refractivity contribution in [2.75, 3.05) is 63.2 Å². The van der Waals surface area contributed by atoms with Crippen molar-refractivity contribution >= 4 is 40.1 Å². The Kier molecular flexibility index (Phi) is 7.40. The maximum Gasteiger partial charge on any atom is 0.257 e. The van der Waals surface area contributed by atoms with E-state index in [1.807, 2.05) is 36.2 Å². The van der Waals surface area contributed by atoms with Crippen LogP contribution >= 0.6 is 0 Å². The number of nitrogens with one attached hydrogen (secondary N) is 3. The van der Waals surface area contributed by atoms with Crippen molar-refractivity contribution in [1.29, 1.82) is 5.41 Å². The number of nitrogens with two attached hydrogens (primary N) is 1. The molecule has 2 fully saturated rings. The minimum Gasteiger partial charge on any atom is -0.390 e. The van der Waals surface area contributed by atoms with E-state index in [4.69, 9.17) is 15.9 Å². The van der Waals surface area contributed by atoms with Crippen molar-refractivity contribution in [2.45, 2.75) is 6.04 Å². The Bertz CT molecular complexity index is 1330. The number of hydrogen-bond acceptors (Lipinski definition) is 9. The van der Waals surface area contributed by atoms with Crippen LogP contribution in [-0.4, -0.2) is 86.0 Å².